The molecule has 2 aliphatic rings. The molecule has 2 fully saturated rings. The summed E-state index contributed by atoms with van der Waals surface area (Å²) in [6.07, 6.45) is 5.51. The smallest absolute Gasteiger partial charge is 0.233 e. The maximum atomic E-state index is 12.7. The number of carbonyl (C=O) groups excluding carboxylic acids is 2. The topological polar surface area (TPSA) is 103 Å². The summed E-state index contributed by atoms with van der Waals surface area (Å²) in [5.41, 5.74) is 1.68. The van der Waals surface area contributed by atoms with Crippen molar-refractivity contribution in [3.05, 3.63) is 59.1 Å². The van der Waals surface area contributed by atoms with E-state index >= 15 is 0 Å². The number of anilines is 5. The third-order valence-electron chi connectivity index (χ3n) is 6.57. The molecule has 2 saturated heterocycles. The number of hydrogen-bond donors (Lipinski definition) is 2. The Morgan fingerprint density at radius 1 is 0.784 bits per heavy atom. The van der Waals surface area contributed by atoms with Crippen molar-refractivity contribution in [3.8, 4) is 0 Å². The van der Waals surface area contributed by atoms with E-state index in [1.807, 2.05) is 0 Å². The Hall–Kier alpha value is -3.72. The Labute approximate surface area is 221 Å². The van der Waals surface area contributed by atoms with Gasteiger partial charge in [0.25, 0.3) is 0 Å². The molecular formula is C27H30ClN7O2. The van der Waals surface area contributed by atoms with E-state index in [1.54, 1.807) is 48.5 Å². The molecule has 0 aliphatic carbocycles. The molecule has 192 valence electrons. The van der Waals surface area contributed by atoms with Crippen molar-refractivity contribution in [2.24, 2.45) is 0 Å². The van der Waals surface area contributed by atoms with Crippen molar-refractivity contribution < 1.29 is 9.59 Å². The Balaban J connectivity index is 1.26. The van der Waals surface area contributed by atoms with Crippen LogP contribution in [-0.4, -0.2) is 52.8 Å². The van der Waals surface area contributed by atoms with Crippen LogP contribution in [0.4, 0.5) is 29.2 Å². The number of halogens is 1. The summed E-state index contributed by atoms with van der Waals surface area (Å²) < 4.78 is 0. The highest BCUT2D eigenvalue weighted by Gasteiger charge is 2.21. The SMILES string of the molecule is O=C(CC(=O)c1ccc(Nc2nc(N3CCCCC3)nc(N3CCCC3)n2)cc1)Nc1ccccc1Cl. The minimum absolute atomic E-state index is 0.274. The molecule has 0 unspecified atom stereocenters. The predicted octanol–water partition coefficient (Wildman–Crippen LogP) is 5.07. The molecule has 3 heterocycles. The monoisotopic (exact) mass is 519 g/mol. The lowest BCUT2D eigenvalue weighted by Crippen LogP contribution is -2.32. The van der Waals surface area contributed by atoms with E-state index in [2.05, 4.69) is 25.4 Å². The van der Waals surface area contributed by atoms with Crippen LogP contribution < -0.4 is 20.4 Å². The predicted molar refractivity (Wildman–Crippen MR) is 146 cm³/mol. The first kappa shape index (κ1) is 25.0. The first-order valence-corrected chi connectivity index (χ1v) is 13.1. The van der Waals surface area contributed by atoms with Gasteiger partial charge in [-0.2, -0.15) is 15.0 Å². The number of carbonyl (C=O) groups is 2. The Morgan fingerprint density at radius 3 is 2.00 bits per heavy atom. The number of para-hydroxylation sites is 1. The normalized spacial score (nSPS) is 15.5. The molecule has 0 atom stereocenters. The number of amides is 1. The third kappa shape index (κ3) is 6.35. The van der Waals surface area contributed by atoms with Crippen LogP contribution in [0, 0.1) is 0 Å². The average molecular weight is 520 g/mol. The number of piperidine rings is 1. The molecule has 10 heteroatoms. The van der Waals surface area contributed by atoms with Crippen molar-refractivity contribution in [3.63, 3.8) is 0 Å². The first-order valence-electron chi connectivity index (χ1n) is 12.8. The van der Waals surface area contributed by atoms with Crippen LogP contribution >= 0.6 is 11.6 Å². The number of aromatic nitrogens is 3. The summed E-state index contributed by atoms with van der Waals surface area (Å²) in [6, 6.07) is 13.9. The number of nitrogens with zero attached hydrogens (tertiary/aromatic N) is 5. The minimum Gasteiger partial charge on any atom is -0.341 e. The van der Waals surface area contributed by atoms with Gasteiger partial charge in [-0.05, 0) is 68.5 Å². The van der Waals surface area contributed by atoms with Crippen molar-refractivity contribution in [1.29, 1.82) is 0 Å². The summed E-state index contributed by atoms with van der Waals surface area (Å²) in [6.45, 7) is 3.79. The fraction of sp³-hybridized carbons (Fsp3) is 0.370. The fourth-order valence-electron chi connectivity index (χ4n) is 4.58. The van der Waals surface area contributed by atoms with Crippen molar-refractivity contribution in [1.82, 2.24) is 15.0 Å². The van der Waals surface area contributed by atoms with Crippen molar-refractivity contribution in [2.45, 2.75) is 38.5 Å². The quantitative estimate of drug-likeness (QED) is 0.314. The van der Waals surface area contributed by atoms with Crippen LogP contribution in [0.2, 0.25) is 5.02 Å². The highest BCUT2D eigenvalue weighted by molar-refractivity contribution is 6.33. The zero-order chi connectivity index (χ0) is 25.6. The van der Waals surface area contributed by atoms with Gasteiger partial charge in [-0.3, -0.25) is 9.59 Å². The van der Waals surface area contributed by atoms with Crippen LogP contribution in [0.25, 0.3) is 0 Å². The highest BCUT2D eigenvalue weighted by Crippen LogP contribution is 2.25. The van der Waals surface area contributed by atoms with Gasteiger partial charge in [0.05, 0.1) is 17.1 Å². The maximum Gasteiger partial charge on any atom is 0.233 e. The Kier molecular flexibility index (Phi) is 7.79. The van der Waals surface area contributed by atoms with Gasteiger partial charge >= 0.3 is 0 Å². The van der Waals surface area contributed by atoms with E-state index in [0.717, 1.165) is 57.5 Å². The molecule has 1 aromatic heterocycles. The molecule has 2 N–H and O–H groups in total. The summed E-state index contributed by atoms with van der Waals surface area (Å²) in [4.78, 5) is 43.6. The fourth-order valence-corrected chi connectivity index (χ4v) is 4.76. The number of hydrogen-bond acceptors (Lipinski definition) is 8. The van der Waals surface area contributed by atoms with E-state index in [4.69, 9.17) is 21.6 Å². The van der Waals surface area contributed by atoms with Gasteiger partial charge in [-0.15, -0.1) is 0 Å². The van der Waals surface area contributed by atoms with Gasteiger partial charge in [0.15, 0.2) is 5.78 Å². The maximum absolute atomic E-state index is 12.7. The number of Topliss-reactive ketones (excluding diaryl/α,β-unsaturated/α-hetero) is 1. The summed E-state index contributed by atoms with van der Waals surface area (Å²) in [7, 11) is 0. The van der Waals surface area contributed by atoms with E-state index in [0.29, 0.717) is 34.1 Å². The third-order valence-corrected chi connectivity index (χ3v) is 6.90. The van der Waals surface area contributed by atoms with Crippen LogP contribution in [-0.2, 0) is 4.79 Å². The van der Waals surface area contributed by atoms with E-state index < -0.39 is 5.91 Å². The van der Waals surface area contributed by atoms with E-state index in [9.17, 15) is 9.59 Å². The first-order chi connectivity index (χ1) is 18.0. The Bertz CT molecular complexity index is 1260. The number of ketones is 1. The van der Waals surface area contributed by atoms with Crippen molar-refractivity contribution in [2.75, 3.05) is 46.6 Å². The summed E-state index contributed by atoms with van der Waals surface area (Å²) in [5.74, 6) is 1.20. The molecule has 9 nitrogen and oxygen atoms in total. The van der Waals surface area contributed by atoms with Crippen LogP contribution in [0.15, 0.2) is 48.5 Å². The molecule has 5 rings (SSSR count). The molecule has 3 aromatic rings. The average Bonchev–Trinajstić information content (AvgIpc) is 3.46. The van der Waals surface area contributed by atoms with Crippen molar-refractivity contribution >= 4 is 52.5 Å². The van der Waals surface area contributed by atoms with Gasteiger partial charge in [0, 0.05) is 37.4 Å². The molecule has 0 saturated carbocycles. The van der Waals surface area contributed by atoms with Crippen LogP contribution in [0.3, 0.4) is 0 Å². The molecule has 0 radical (unpaired) electrons. The molecule has 1 amide bonds. The van der Waals surface area contributed by atoms with Gasteiger partial charge < -0.3 is 20.4 Å². The number of benzene rings is 2. The lowest BCUT2D eigenvalue weighted by molar-refractivity contribution is -0.115. The zero-order valence-corrected chi connectivity index (χ0v) is 21.4. The molecule has 0 spiro atoms. The molecule has 0 bridgehead atoms. The van der Waals surface area contributed by atoms with E-state index in [1.165, 1.54) is 6.42 Å². The van der Waals surface area contributed by atoms with Gasteiger partial charge in [-0.1, -0.05) is 23.7 Å². The standard InChI is InChI=1S/C27H30ClN7O2/c28-21-8-2-3-9-22(21)30-24(37)18-23(36)19-10-12-20(13-11-19)29-25-31-26(34-14-4-1-5-15-34)33-27(32-25)35-16-6-7-17-35/h2-3,8-13H,1,4-7,14-18H2,(H,30,37)(H,29,31,32,33). The lowest BCUT2D eigenvalue weighted by atomic mass is 10.1. The second-order valence-corrected chi connectivity index (χ2v) is 9.74. The lowest BCUT2D eigenvalue weighted by Gasteiger charge is -2.27. The number of rotatable bonds is 8. The molecular weight excluding hydrogens is 490 g/mol. The number of nitrogens with one attached hydrogen (secondary N) is 2. The minimum atomic E-state index is -0.412. The highest BCUT2D eigenvalue weighted by atomic mass is 35.5. The molecule has 2 aliphatic heterocycles. The zero-order valence-electron chi connectivity index (χ0n) is 20.6. The second-order valence-electron chi connectivity index (χ2n) is 9.33. The van der Waals surface area contributed by atoms with Gasteiger partial charge in [-0.25, -0.2) is 0 Å². The largest absolute Gasteiger partial charge is 0.341 e. The summed E-state index contributed by atoms with van der Waals surface area (Å²) >= 11 is 6.08. The molecule has 37 heavy (non-hydrogen) atoms. The van der Waals surface area contributed by atoms with E-state index in [-0.39, 0.29) is 12.2 Å². The second kappa shape index (κ2) is 11.6. The Morgan fingerprint density at radius 2 is 1.38 bits per heavy atom. The molecule has 2 aromatic carbocycles. The van der Waals surface area contributed by atoms with Crippen LogP contribution in [0.1, 0.15) is 48.9 Å². The van der Waals surface area contributed by atoms with Gasteiger partial charge in [0.2, 0.25) is 23.8 Å². The summed E-state index contributed by atoms with van der Waals surface area (Å²) in [5, 5.41) is 6.38. The van der Waals surface area contributed by atoms with Crippen LogP contribution in [0.5, 0.6) is 0 Å². The van der Waals surface area contributed by atoms with Gasteiger partial charge in [0.1, 0.15) is 0 Å².